The molecule has 21 heavy (non-hydrogen) atoms. The highest BCUT2D eigenvalue weighted by Crippen LogP contribution is 2.54. The van der Waals surface area contributed by atoms with Crippen LogP contribution >= 0.6 is 0 Å². The quantitative estimate of drug-likeness (QED) is 0.845. The Hall–Kier alpha value is -1.94. The lowest BCUT2D eigenvalue weighted by Crippen LogP contribution is -2.36. The summed E-state index contributed by atoms with van der Waals surface area (Å²) in [6, 6.07) is 7.99. The van der Waals surface area contributed by atoms with Gasteiger partial charge < -0.3 is 18.9 Å². The molecule has 0 radical (unpaired) electrons. The van der Waals surface area contributed by atoms with E-state index in [1.54, 1.807) is 14.2 Å². The molecule has 0 amide bonds. The van der Waals surface area contributed by atoms with Gasteiger partial charge in [-0.2, -0.15) is 0 Å². The van der Waals surface area contributed by atoms with E-state index in [1.165, 1.54) is 0 Å². The van der Waals surface area contributed by atoms with Crippen LogP contribution in [0.5, 0.6) is 17.2 Å². The van der Waals surface area contributed by atoms with E-state index in [9.17, 15) is 0 Å². The predicted molar refractivity (Wildman–Crippen MR) is 79.2 cm³/mol. The third-order valence-corrected chi connectivity index (χ3v) is 4.41. The van der Waals surface area contributed by atoms with Crippen LogP contribution in [0.4, 0.5) is 0 Å². The standard InChI is InChI=1S/C17H18O4/c1-18-13-8-6-12-15-11(13)5-7-14(19-2)16(15)21-17(12)9-3-4-10-20-17/h5-8H,3-4,9-10H2,1-2H3. The topological polar surface area (TPSA) is 36.9 Å². The van der Waals surface area contributed by atoms with Crippen LogP contribution in [-0.2, 0) is 10.5 Å². The largest absolute Gasteiger partial charge is 0.496 e. The molecule has 4 rings (SSSR count). The van der Waals surface area contributed by atoms with E-state index in [2.05, 4.69) is 6.07 Å². The maximum atomic E-state index is 6.27. The van der Waals surface area contributed by atoms with Crippen LogP contribution in [-0.4, -0.2) is 20.8 Å². The molecule has 2 aromatic carbocycles. The van der Waals surface area contributed by atoms with Crippen LogP contribution < -0.4 is 14.2 Å². The summed E-state index contributed by atoms with van der Waals surface area (Å²) in [5.74, 6) is 1.70. The molecular weight excluding hydrogens is 268 g/mol. The van der Waals surface area contributed by atoms with Crippen LogP contribution in [0.15, 0.2) is 24.3 Å². The van der Waals surface area contributed by atoms with Crippen molar-refractivity contribution >= 4 is 10.8 Å². The molecule has 0 aromatic heterocycles. The van der Waals surface area contributed by atoms with E-state index in [0.29, 0.717) is 0 Å². The van der Waals surface area contributed by atoms with Crippen molar-refractivity contribution in [2.24, 2.45) is 0 Å². The lowest BCUT2D eigenvalue weighted by atomic mass is 9.94. The summed E-state index contributed by atoms with van der Waals surface area (Å²) in [4.78, 5) is 0. The Balaban J connectivity index is 2.01. The summed E-state index contributed by atoms with van der Waals surface area (Å²) in [7, 11) is 3.34. The fourth-order valence-electron chi connectivity index (χ4n) is 3.41. The molecule has 2 aliphatic rings. The second kappa shape index (κ2) is 4.53. The molecule has 110 valence electrons. The molecule has 1 unspecified atom stereocenters. The summed E-state index contributed by atoms with van der Waals surface area (Å²) in [6.45, 7) is 0.726. The van der Waals surface area contributed by atoms with Crippen molar-refractivity contribution in [1.82, 2.24) is 0 Å². The normalized spacial score (nSPS) is 23.3. The maximum absolute atomic E-state index is 6.27. The van der Waals surface area contributed by atoms with E-state index in [4.69, 9.17) is 18.9 Å². The van der Waals surface area contributed by atoms with Gasteiger partial charge in [-0.1, -0.05) is 0 Å². The Kier molecular flexibility index (Phi) is 2.76. The molecule has 0 aliphatic carbocycles. The van der Waals surface area contributed by atoms with E-state index >= 15 is 0 Å². The highest BCUT2D eigenvalue weighted by atomic mass is 16.7. The van der Waals surface area contributed by atoms with Crippen LogP contribution in [0.2, 0.25) is 0 Å². The zero-order valence-corrected chi connectivity index (χ0v) is 12.3. The first-order valence-electron chi connectivity index (χ1n) is 7.30. The third kappa shape index (κ3) is 1.65. The monoisotopic (exact) mass is 286 g/mol. The van der Waals surface area contributed by atoms with Gasteiger partial charge in [-0.25, -0.2) is 0 Å². The maximum Gasteiger partial charge on any atom is 0.238 e. The first kappa shape index (κ1) is 12.8. The molecule has 0 saturated carbocycles. The number of ether oxygens (including phenoxy) is 4. The van der Waals surface area contributed by atoms with Crippen molar-refractivity contribution in [3.05, 3.63) is 29.8 Å². The van der Waals surface area contributed by atoms with E-state index in [0.717, 1.165) is 59.5 Å². The van der Waals surface area contributed by atoms with Gasteiger partial charge in [0.1, 0.15) is 5.75 Å². The van der Waals surface area contributed by atoms with Crippen LogP contribution in [0.3, 0.4) is 0 Å². The highest BCUT2D eigenvalue weighted by molar-refractivity contribution is 5.99. The molecular formula is C17H18O4. The van der Waals surface area contributed by atoms with Gasteiger partial charge in [0.25, 0.3) is 0 Å². The number of hydrogen-bond donors (Lipinski definition) is 0. The van der Waals surface area contributed by atoms with Crippen LogP contribution in [0.25, 0.3) is 10.8 Å². The van der Waals surface area contributed by atoms with Gasteiger partial charge in [-0.3, -0.25) is 0 Å². The van der Waals surface area contributed by atoms with Gasteiger partial charge in [0.15, 0.2) is 11.5 Å². The number of fused-ring (bicyclic) bond motifs is 1. The second-order valence-electron chi connectivity index (χ2n) is 5.50. The van der Waals surface area contributed by atoms with Crippen molar-refractivity contribution < 1.29 is 18.9 Å². The Morgan fingerprint density at radius 2 is 1.81 bits per heavy atom. The minimum atomic E-state index is -0.653. The minimum absolute atomic E-state index is 0.653. The van der Waals surface area contributed by atoms with Crippen molar-refractivity contribution in [2.45, 2.75) is 25.0 Å². The Bertz CT molecular complexity index is 701. The molecule has 0 bridgehead atoms. The van der Waals surface area contributed by atoms with Crippen molar-refractivity contribution in [2.75, 3.05) is 20.8 Å². The SMILES string of the molecule is COc1ccc2c(OC)ccc3c2c1OC31CCCCO1. The lowest BCUT2D eigenvalue weighted by molar-refractivity contribution is -0.207. The zero-order valence-electron chi connectivity index (χ0n) is 12.3. The molecule has 1 atom stereocenters. The predicted octanol–water partition coefficient (Wildman–Crippen LogP) is 3.60. The average Bonchev–Trinajstić information content (AvgIpc) is 2.84. The van der Waals surface area contributed by atoms with Crippen LogP contribution in [0.1, 0.15) is 24.8 Å². The third-order valence-electron chi connectivity index (χ3n) is 4.41. The van der Waals surface area contributed by atoms with Crippen molar-refractivity contribution in [3.8, 4) is 17.2 Å². The molecule has 2 heterocycles. The summed E-state index contributed by atoms with van der Waals surface area (Å²) in [6.07, 6.45) is 3.05. The number of methoxy groups -OCH3 is 2. The van der Waals surface area contributed by atoms with Crippen molar-refractivity contribution in [1.29, 1.82) is 0 Å². The van der Waals surface area contributed by atoms with Crippen molar-refractivity contribution in [3.63, 3.8) is 0 Å². The Morgan fingerprint density at radius 3 is 2.52 bits per heavy atom. The van der Waals surface area contributed by atoms with Crippen LogP contribution in [0, 0.1) is 0 Å². The molecule has 1 fully saturated rings. The van der Waals surface area contributed by atoms with Gasteiger partial charge in [-0.05, 0) is 37.1 Å². The highest BCUT2D eigenvalue weighted by Gasteiger charge is 2.45. The lowest BCUT2D eigenvalue weighted by Gasteiger charge is -2.33. The van der Waals surface area contributed by atoms with E-state index in [-0.39, 0.29) is 0 Å². The molecule has 4 nitrogen and oxygen atoms in total. The van der Waals surface area contributed by atoms with Gasteiger partial charge in [0, 0.05) is 22.8 Å². The average molecular weight is 286 g/mol. The van der Waals surface area contributed by atoms with E-state index in [1.807, 2.05) is 18.2 Å². The molecule has 1 saturated heterocycles. The summed E-state index contributed by atoms with van der Waals surface area (Å²) >= 11 is 0. The van der Waals surface area contributed by atoms with Gasteiger partial charge >= 0.3 is 0 Å². The van der Waals surface area contributed by atoms with Gasteiger partial charge in [0.2, 0.25) is 5.79 Å². The smallest absolute Gasteiger partial charge is 0.238 e. The second-order valence-corrected chi connectivity index (χ2v) is 5.50. The number of benzene rings is 2. The first-order valence-corrected chi connectivity index (χ1v) is 7.30. The fourth-order valence-corrected chi connectivity index (χ4v) is 3.41. The first-order chi connectivity index (χ1) is 10.3. The number of rotatable bonds is 2. The molecule has 1 spiro atoms. The van der Waals surface area contributed by atoms with Gasteiger partial charge in [-0.15, -0.1) is 0 Å². The number of hydrogen-bond acceptors (Lipinski definition) is 4. The summed E-state index contributed by atoms with van der Waals surface area (Å²) < 4.78 is 23.3. The molecule has 0 N–H and O–H groups in total. The zero-order chi connectivity index (χ0) is 14.4. The summed E-state index contributed by atoms with van der Waals surface area (Å²) in [5, 5.41) is 2.09. The van der Waals surface area contributed by atoms with Gasteiger partial charge in [0.05, 0.1) is 20.8 Å². The molecule has 2 aromatic rings. The molecule has 2 aliphatic heterocycles. The van der Waals surface area contributed by atoms with E-state index < -0.39 is 5.79 Å². The summed E-state index contributed by atoms with van der Waals surface area (Å²) in [5.41, 5.74) is 1.09. The minimum Gasteiger partial charge on any atom is -0.496 e. The molecule has 4 heteroatoms. The fraction of sp³-hybridized carbons (Fsp3) is 0.412. The Labute approximate surface area is 123 Å². The Morgan fingerprint density at radius 1 is 1.00 bits per heavy atom.